The molecule has 0 saturated carbocycles. The number of benzene rings is 2. The Bertz CT molecular complexity index is 712. The van der Waals surface area contributed by atoms with Crippen LogP contribution in [0, 0.1) is 11.3 Å². The van der Waals surface area contributed by atoms with E-state index in [9.17, 15) is 13.6 Å². The quantitative estimate of drug-likeness (QED) is 0.858. The van der Waals surface area contributed by atoms with E-state index in [4.69, 9.17) is 5.26 Å². The van der Waals surface area contributed by atoms with Crippen LogP contribution in [0.5, 0.6) is 5.75 Å². The number of nitrogens with zero attached hydrogens (tertiary/aromatic N) is 1. The molecule has 5 nitrogen and oxygen atoms in total. The molecule has 1 amide bonds. The van der Waals surface area contributed by atoms with E-state index >= 15 is 0 Å². The zero-order valence-corrected chi connectivity index (χ0v) is 11.9. The first-order valence-electron chi connectivity index (χ1n) is 6.65. The number of carbonyl (C=O) groups excluding carboxylic acids is 1. The third-order valence-electron chi connectivity index (χ3n) is 2.81. The van der Waals surface area contributed by atoms with E-state index in [0.29, 0.717) is 16.9 Å². The number of nitrogens with one attached hydrogen (secondary N) is 2. The Balaban J connectivity index is 1.85. The first kappa shape index (κ1) is 16.2. The van der Waals surface area contributed by atoms with E-state index in [0.717, 1.165) is 0 Å². The molecule has 23 heavy (non-hydrogen) atoms. The van der Waals surface area contributed by atoms with Gasteiger partial charge in [-0.2, -0.15) is 14.0 Å². The van der Waals surface area contributed by atoms with Crippen molar-refractivity contribution in [1.82, 2.24) is 0 Å². The molecule has 2 aromatic carbocycles. The van der Waals surface area contributed by atoms with Gasteiger partial charge in [-0.05, 0) is 42.5 Å². The summed E-state index contributed by atoms with van der Waals surface area (Å²) in [5.74, 6) is -0.253. The minimum atomic E-state index is -2.87. The summed E-state index contributed by atoms with van der Waals surface area (Å²) in [6.07, 6.45) is 0. The lowest BCUT2D eigenvalue weighted by atomic mass is 10.2. The van der Waals surface area contributed by atoms with Gasteiger partial charge in [-0.1, -0.05) is 6.07 Å². The van der Waals surface area contributed by atoms with Crippen LogP contribution in [-0.2, 0) is 4.79 Å². The molecule has 0 spiro atoms. The largest absolute Gasteiger partial charge is 0.435 e. The molecule has 2 N–H and O–H groups in total. The molecule has 0 atom stereocenters. The van der Waals surface area contributed by atoms with Crippen LogP contribution in [0.3, 0.4) is 0 Å². The zero-order chi connectivity index (χ0) is 16.7. The van der Waals surface area contributed by atoms with Gasteiger partial charge >= 0.3 is 6.61 Å². The average molecular weight is 317 g/mol. The van der Waals surface area contributed by atoms with Gasteiger partial charge in [0.2, 0.25) is 5.91 Å². The number of halogens is 2. The number of nitriles is 1. The fourth-order valence-electron chi connectivity index (χ4n) is 1.81. The van der Waals surface area contributed by atoms with Gasteiger partial charge < -0.3 is 15.4 Å². The minimum Gasteiger partial charge on any atom is -0.435 e. The molecule has 118 valence electrons. The Labute approximate surface area is 131 Å². The van der Waals surface area contributed by atoms with E-state index < -0.39 is 6.61 Å². The highest BCUT2D eigenvalue weighted by molar-refractivity contribution is 5.93. The number of hydrogen-bond acceptors (Lipinski definition) is 4. The smallest absolute Gasteiger partial charge is 0.387 e. The Morgan fingerprint density at radius 3 is 2.57 bits per heavy atom. The summed E-state index contributed by atoms with van der Waals surface area (Å²) < 4.78 is 28.3. The number of amides is 1. The van der Waals surface area contributed by atoms with Gasteiger partial charge in [0.15, 0.2) is 0 Å². The van der Waals surface area contributed by atoms with E-state index in [1.807, 2.05) is 6.07 Å². The second kappa shape index (κ2) is 7.75. The molecule has 0 fully saturated rings. The Morgan fingerprint density at radius 2 is 1.91 bits per heavy atom. The predicted molar refractivity (Wildman–Crippen MR) is 81.4 cm³/mol. The summed E-state index contributed by atoms with van der Waals surface area (Å²) in [6.45, 7) is -2.88. The second-order valence-corrected chi connectivity index (χ2v) is 4.50. The third kappa shape index (κ3) is 5.28. The highest BCUT2D eigenvalue weighted by Gasteiger charge is 2.05. The van der Waals surface area contributed by atoms with Crippen molar-refractivity contribution in [1.29, 1.82) is 5.26 Å². The van der Waals surface area contributed by atoms with Crippen LogP contribution in [0.25, 0.3) is 0 Å². The molecule has 2 aromatic rings. The van der Waals surface area contributed by atoms with E-state index in [1.165, 1.54) is 24.3 Å². The molecule has 0 aliphatic heterocycles. The van der Waals surface area contributed by atoms with Crippen LogP contribution < -0.4 is 15.4 Å². The first-order chi connectivity index (χ1) is 11.1. The monoisotopic (exact) mass is 317 g/mol. The SMILES string of the molecule is N#Cc1cccc(NC(=O)CNc2ccc(OC(F)F)cc2)c1. The van der Waals surface area contributed by atoms with Crippen molar-refractivity contribution in [3.63, 3.8) is 0 Å². The average Bonchev–Trinajstić information content (AvgIpc) is 2.54. The molecule has 0 saturated heterocycles. The van der Waals surface area contributed by atoms with Crippen molar-refractivity contribution in [2.24, 2.45) is 0 Å². The van der Waals surface area contributed by atoms with Crippen molar-refractivity contribution in [3.8, 4) is 11.8 Å². The molecule has 0 unspecified atom stereocenters. The van der Waals surface area contributed by atoms with E-state index in [-0.39, 0.29) is 18.2 Å². The van der Waals surface area contributed by atoms with Crippen LogP contribution in [-0.4, -0.2) is 19.1 Å². The van der Waals surface area contributed by atoms with E-state index in [1.54, 1.807) is 24.3 Å². The zero-order valence-electron chi connectivity index (χ0n) is 11.9. The fourth-order valence-corrected chi connectivity index (χ4v) is 1.81. The lowest BCUT2D eigenvalue weighted by Gasteiger charge is -2.09. The summed E-state index contributed by atoms with van der Waals surface area (Å²) in [6, 6.07) is 14.3. The third-order valence-corrected chi connectivity index (χ3v) is 2.81. The van der Waals surface area contributed by atoms with Crippen LogP contribution in [0.15, 0.2) is 48.5 Å². The highest BCUT2D eigenvalue weighted by atomic mass is 19.3. The molecule has 0 bridgehead atoms. The van der Waals surface area contributed by atoms with Crippen molar-refractivity contribution in [2.75, 3.05) is 17.2 Å². The van der Waals surface area contributed by atoms with Gasteiger partial charge in [-0.15, -0.1) is 0 Å². The first-order valence-corrected chi connectivity index (χ1v) is 6.65. The number of hydrogen-bond donors (Lipinski definition) is 2. The molecular formula is C16H13F2N3O2. The van der Waals surface area contributed by atoms with Crippen molar-refractivity contribution in [2.45, 2.75) is 6.61 Å². The van der Waals surface area contributed by atoms with Crippen LogP contribution in [0.4, 0.5) is 20.2 Å². The maximum Gasteiger partial charge on any atom is 0.387 e. The molecular weight excluding hydrogens is 304 g/mol. The maximum atomic E-state index is 12.0. The summed E-state index contributed by atoms with van der Waals surface area (Å²) in [4.78, 5) is 11.8. The van der Waals surface area contributed by atoms with Gasteiger partial charge in [-0.3, -0.25) is 4.79 Å². The molecule has 0 heterocycles. The van der Waals surface area contributed by atoms with Crippen molar-refractivity contribution < 1.29 is 18.3 Å². The second-order valence-electron chi connectivity index (χ2n) is 4.50. The topological polar surface area (TPSA) is 74.2 Å². The summed E-state index contributed by atoms with van der Waals surface area (Å²) in [5.41, 5.74) is 1.56. The van der Waals surface area contributed by atoms with E-state index in [2.05, 4.69) is 15.4 Å². The Hall–Kier alpha value is -3.14. The lowest BCUT2D eigenvalue weighted by molar-refractivity contribution is -0.114. The van der Waals surface area contributed by atoms with Crippen molar-refractivity contribution in [3.05, 3.63) is 54.1 Å². The van der Waals surface area contributed by atoms with Crippen LogP contribution in [0.1, 0.15) is 5.56 Å². The normalized spacial score (nSPS) is 10.0. The predicted octanol–water partition coefficient (Wildman–Crippen LogP) is 3.21. The van der Waals surface area contributed by atoms with Crippen LogP contribution >= 0.6 is 0 Å². The highest BCUT2D eigenvalue weighted by Crippen LogP contribution is 2.17. The van der Waals surface area contributed by atoms with Gasteiger partial charge in [0.1, 0.15) is 5.75 Å². The molecule has 7 heteroatoms. The number of carbonyl (C=O) groups is 1. The van der Waals surface area contributed by atoms with Gasteiger partial charge in [-0.25, -0.2) is 0 Å². The molecule has 0 radical (unpaired) electrons. The molecule has 0 aliphatic carbocycles. The lowest BCUT2D eigenvalue weighted by Crippen LogP contribution is -2.21. The number of rotatable bonds is 6. The van der Waals surface area contributed by atoms with Gasteiger partial charge in [0, 0.05) is 11.4 Å². The minimum absolute atomic E-state index is 0.00810. The maximum absolute atomic E-state index is 12.0. The number of anilines is 2. The summed E-state index contributed by atoms with van der Waals surface area (Å²) >= 11 is 0. The molecule has 2 rings (SSSR count). The van der Waals surface area contributed by atoms with Gasteiger partial charge in [0.25, 0.3) is 0 Å². The summed E-state index contributed by atoms with van der Waals surface area (Å²) in [7, 11) is 0. The molecule has 0 aromatic heterocycles. The molecule has 0 aliphatic rings. The number of ether oxygens (including phenoxy) is 1. The Kier molecular flexibility index (Phi) is 5.47. The fraction of sp³-hybridized carbons (Fsp3) is 0.125. The standard InChI is InChI=1S/C16H13F2N3O2/c17-16(18)23-14-6-4-12(5-7-14)20-10-15(22)21-13-3-1-2-11(8-13)9-19/h1-8,16,20H,10H2,(H,21,22). The summed E-state index contributed by atoms with van der Waals surface area (Å²) in [5, 5.41) is 14.3. The number of alkyl halides is 2. The Morgan fingerprint density at radius 1 is 1.17 bits per heavy atom. The van der Waals surface area contributed by atoms with Crippen molar-refractivity contribution >= 4 is 17.3 Å². The van der Waals surface area contributed by atoms with Crippen LogP contribution in [0.2, 0.25) is 0 Å². The van der Waals surface area contributed by atoms with Gasteiger partial charge in [0.05, 0.1) is 18.2 Å².